The Kier molecular flexibility index (Phi) is 5.87. The molecule has 0 aliphatic carbocycles. The average Bonchev–Trinajstić information content (AvgIpc) is 2.85. The fraction of sp³-hybridized carbons (Fsp3) is 0.400. The van der Waals surface area contributed by atoms with Gasteiger partial charge in [0, 0.05) is 16.6 Å². The molecule has 0 aliphatic heterocycles. The van der Waals surface area contributed by atoms with Crippen molar-refractivity contribution in [1.29, 1.82) is 0 Å². The highest BCUT2D eigenvalue weighted by Crippen LogP contribution is 2.24. The van der Waals surface area contributed by atoms with E-state index >= 15 is 0 Å². The van der Waals surface area contributed by atoms with Crippen molar-refractivity contribution in [2.24, 2.45) is 0 Å². The van der Waals surface area contributed by atoms with E-state index in [9.17, 15) is 8.78 Å². The Morgan fingerprint density at radius 2 is 2.00 bits per heavy atom. The molecular formula is C15H18BrF2N3. The Morgan fingerprint density at radius 3 is 2.62 bits per heavy atom. The number of hydrogen-bond donors (Lipinski definition) is 1. The van der Waals surface area contributed by atoms with E-state index in [4.69, 9.17) is 0 Å². The van der Waals surface area contributed by atoms with Gasteiger partial charge >= 0.3 is 0 Å². The lowest BCUT2D eigenvalue weighted by atomic mass is 10.2. The van der Waals surface area contributed by atoms with Crippen LogP contribution in [0.1, 0.15) is 36.6 Å². The SMILES string of the molecule is CCCNCc1cnn(Cc2ccc(Br)cc2)c1C(F)F. The van der Waals surface area contributed by atoms with Crippen LogP contribution in [-0.2, 0) is 13.1 Å². The van der Waals surface area contributed by atoms with Crippen LogP contribution >= 0.6 is 15.9 Å². The summed E-state index contributed by atoms with van der Waals surface area (Å²) < 4.78 is 29.0. The summed E-state index contributed by atoms with van der Waals surface area (Å²) in [5.41, 5.74) is 1.51. The Bertz CT molecular complexity index is 567. The topological polar surface area (TPSA) is 29.9 Å². The van der Waals surface area contributed by atoms with Crippen molar-refractivity contribution in [2.45, 2.75) is 32.9 Å². The van der Waals surface area contributed by atoms with Gasteiger partial charge in [0.1, 0.15) is 5.69 Å². The van der Waals surface area contributed by atoms with Gasteiger partial charge < -0.3 is 5.32 Å². The lowest BCUT2D eigenvalue weighted by molar-refractivity contribution is 0.138. The average molecular weight is 358 g/mol. The Labute approximate surface area is 131 Å². The Hall–Kier alpha value is -1.27. The van der Waals surface area contributed by atoms with Crippen LogP contribution in [0, 0.1) is 0 Å². The fourth-order valence-corrected chi connectivity index (χ4v) is 2.38. The maximum Gasteiger partial charge on any atom is 0.280 e. The predicted molar refractivity (Wildman–Crippen MR) is 82.4 cm³/mol. The van der Waals surface area contributed by atoms with Gasteiger partial charge in [-0.2, -0.15) is 5.10 Å². The van der Waals surface area contributed by atoms with E-state index in [2.05, 4.69) is 26.3 Å². The number of nitrogens with one attached hydrogen (secondary N) is 1. The molecule has 0 fully saturated rings. The Morgan fingerprint density at radius 1 is 1.29 bits per heavy atom. The smallest absolute Gasteiger partial charge is 0.280 e. The van der Waals surface area contributed by atoms with Gasteiger partial charge in [-0.1, -0.05) is 35.0 Å². The molecule has 0 saturated heterocycles. The molecule has 6 heteroatoms. The minimum atomic E-state index is -2.53. The second-order valence-electron chi connectivity index (χ2n) is 4.82. The van der Waals surface area contributed by atoms with Gasteiger partial charge in [-0.25, -0.2) is 8.78 Å². The third-order valence-electron chi connectivity index (χ3n) is 3.15. The summed E-state index contributed by atoms with van der Waals surface area (Å²) in [7, 11) is 0. The first-order chi connectivity index (χ1) is 10.1. The molecule has 2 rings (SSSR count). The minimum Gasteiger partial charge on any atom is -0.313 e. The van der Waals surface area contributed by atoms with Crippen LogP contribution in [0.3, 0.4) is 0 Å². The van der Waals surface area contributed by atoms with E-state index in [0.717, 1.165) is 23.0 Å². The number of benzene rings is 1. The van der Waals surface area contributed by atoms with Crippen LogP contribution in [0.2, 0.25) is 0 Å². The van der Waals surface area contributed by atoms with Crippen molar-refractivity contribution < 1.29 is 8.78 Å². The molecule has 0 bridgehead atoms. The zero-order valence-electron chi connectivity index (χ0n) is 11.8. The van der Waals surface area contributed by atoms with Crippen molar-refractivity contribution in [3.8, 4) is 0 Å². The van der Waals surface area contributed by atoms with Gasteiger partial charge in [-0.3, -0.25) is 4.68 Å². The molecule has 0 aliphatic rings. The number of nitrogens with zero attached hydrogens (tertiary/aromatic N) is 2. The zero-order chi connectivity index (χ0) is 15.2. The van der Waals surface area contributed by atoms with E-state index in [1.165, 1.54) is 10.9 Å². The summed E-state index contributed by atoms with van der Waals surface area (Å²) >= 11 is 3.36. The molecular weight excluding hydrogens is 340 g/mol. The van der Waals surface area contributed by atoms with E-state index in [1.54, 1.807) is 0 Å². The maximum atomic E-state index is 13.3. The molecule has 0 amide bonds. The molecule has 0 radical (unpaired) electrons. The molecule has 1 N–H and O–H groups in total. The molecule has 3 nitrogen and oxygen atoms in total. The van der Waals surface area contributed by atoms with Gasteiger partial charge in [-0.05, 0) is 30.7 Å². The molecule has 0 unspecified atom stereocenters. The van der Waals surface area contributed by atoms with Crippen LogP contribution in [0.4, 0.5) is 8.78 Å². The first kappa shape index (κ1) is 16.1. The normalized spacial score (nSPS) is 11.3. The number of alkyl halides is 2. The largest absolute Gasteiger partial charge is 0.313 e. The van der Waals surface area contributed by atoms with Gasteiger partial charge in [0.15, 0.2) is 0 Å². The molecule has 1 aromatic carbocycles. The first-order valence-corrected chi connectivity index (χ1v) is 7.69. The van der Waals surface area contributed by atoms with Crippen molar-refractivity contribution in [3.63, 3.8) is 0 Å². The standard InChI is InChI=1S/C15H18BrF2N3/c1-2-7-19-8-12-9-20-21(14(12)15(17)18)10-11-3-5-13(16)6-4-11/h3-6,9,15,19H,2,7-8,10H2,1H3. The summed E-state index contributed by atoms with van der Waals surface area (Å²) in [5.74, 6) is 0. The van der Waals surface area contributed by atoms with Crippen LogP contribution in [0.5, 0.6) is 0 Å². The van der Waals surface area contributed by atoms with Crippen LogP contribution in [-0.4, -0.2) is 16.3 Å². The quantitative estimate of drug-likeness (QED) is 0.755. The van der Waals surface area contributed by atoms with E-state index in [0.29, 0.717) is 18.7 Å². The van der Waals surface area contributed by atoms with Crippen LogP contribution < -0.4 is 5.32 Å². The molecule has 0 spiro atoms. The van der Waals surface area contributed by atoms with Crippen LogP contribution in [0.15, 0.2) is 34.9 Å². The minimum absolute atomic E-state index is 0.00141. The van der Waals surface area contributed by atoms with Crippen LogP contribution in [0.25, 0.3) is 0 Å². The van der Waals surface area contributed by atoms with Crippen molar-refractivity contribution >= 4 is 15.9 Å². The van der Waals surface area contributed by atoms with Crippen molar-refractivity contribution in [2.75, 3.05) is 6.54 Å². The van der Waals surface area contributed by atoms with Crippen molar-refractivity contribution in [1.82, 2.24) is 15.1 Å². The zero-order valence-corrected chi connectivity index (χ0v) is 13.4. The number of hydrogen-bond acceptors (Lipinski definition) is 2. The summed E-state index contributed by atoms with van der Waals surface area (Å²) in [4.78, 5) is 0. The van der Waals surface area contributed by atoms with Crippen molar-refractivity contribution in [3.05, 3.63) is 51.8 Å². The van der Waals surface area contributed by atoms with E-state index in [-0.39, 0.29) is 5.69 Å². The van der Waals surface area contributed by atoms with Gasteiger partial charge in [-0.15, -0.1) is 0 Å². The highest BCUT2D eigenvalue weighted by molar-refractivity contribution is 9.10. The lowest BCUT2D eigenvalue weighted by Crippen LogP contribution is -2.15. The number of rotatable bonds is 7. The molecule has 2 aromatic rings. The second kappa shape index (κ2) is 7.66. The summed E-state index contributed by atoms with van der Waals surface area (Å²) in [6, 6.07) is 7.58. The van der Waals surface area contributed by atoms with E-state index < -0.39 is 6.43 Å². The number of aromatic nitrogens is 2. The first-order valence-electron chi connectivity index (χ1n) is 6.89. The summed E-state index contributed by atoms with van der Waals surface area (Å²) in [6.07, 6.45) is -0.0265. The molecule has 1 heterocycles. The molecule has 0 atom stereocenters. The molecule has 0 saturated carbocycles. The Balaban J connectivity index is 2.16. The number of halogens is 3. The summed E-state index contributed by atoms with van der Waals surface area (Å²) in [5, 5.41) is 7.26. The highest BCUT2D eigenvalue weighted by Gasteiger charge is 2.19. The monoisotopic (exact) mass is 357 g/mol. The summed E-state index contributed by atoms with van der Waals surface area (Å²) in [6.45, 7) is 3.62. The molecule has 114 valence electrons. The predicted octanol–water partition coefficient (Wildman–Crippen LogP) is 4.13. The van der Waals surface area contributed by atoms with Gasteiger partial charge in [0.2, 0.25) is 0 Å². The highest BCUT2D eigenvalue weighted by atomic mass is 79.9. The maximum absolute atomic E-state index is 13.3. The van der Waals surface area contributed by atoms with Gasteiger partial charge in [0.25, 0.3) is 6.43 Å². The third-order valence-corrected chi connectivity index (χ3v) is 3.68. The second-order valence-corrected chi connectivity index (χ2v) is 5.73. The molecule has 1 aromatic heterocycles. The van der Waals surface area contributed by atoms with E-state index in [1.807, 2.05) is 31.2 Å². The fourth-order valence-electron chi connectivity index (χ4n) is 2.11. The third kappa shape index (κ3) is 4.35. The van der Waals surface area contributed by atoms with Gasteiger partial charge in [0.05, 0.1) is 12.7 Å². The lowest BCUT2D eigenvalue weighted by Gasteiger charge is -2.10. The molecule has 21 heavy (non-hydrogen) atoms.